The van der Waals surface area contributed by atoms with E-state index in [1.54, 1.807) is 10.9 Å². The van der Waals surface area contributed by atoms with E-state index in [1.807, 2.05) is 14.0 Å². The van der Waals surface area contributed by atoms with Gasteiger partial charge in [-0.15, -0.1) is 0 Å². The largest absolute Gasteiger partial charge is 0.309 e. The summed E-state index contributed by atoms with van der Waals surface area (Å²) in [5.74, 6) is -1.08. The Balaban J connectivity index is 2.30. The van der Waals surface area contributed by atoms with Crippen molar-refractivity contribution >= 4 is 15.9 Å². The van der Waals surface area contributed by atoms with E-state index in [4.69, 9.17) is 0 Å². The fourth-order valence-corrected chi connectivity index (χ4v) is 2.86. The third-order valence-electron chi connectivity index (χ3n) is 3.16. The normalized spacial score (nSPS) is 12.7. The SMILES string of the molecule is CCNC(Cc1ccc(F)cc1F)c1c(Br)cnn1C. The Morgan fingerprint density at radius 2 is 2.15 bits per heavy atom. The standard InChI is InChI=1S/C14H16BrF2N3/c1-3-18-13(14-11(15)8-19-20(14)2)6-9-4-5-10(16)7-12(9)17/h4-5,7-8,13,18H,3,6H2,1-2H3. The minimum atomic E-state index is -0.562. The van der Waals surface area contributed by atoms with Crippen LogP contribution in [0.25, 0.3) is 0 Å². The molecule has 0 aliphatic carbocycles. The minimum Gasteiger partial charge on any atom is -0.309 e. The van der Waals surface area contributed by atoms with E-state index in [0.717, 1.165) is 22.8 Å². The molecule has 1 N–H and O–H groups in total. The predicted molar refractivity (Wildman–Crippen MR) is 77.4 cm³/mol. The Labute approximate surface area is 125 Å². The summed E-state index contributed by atoms with van der Waals surface area (Å²) in [6.45, 7) is 2.73. The molecule has 20 heavy (non-hydrogen) atoms. The molecule has 108 valence electrons. The molecular formula is C14H16BrF2N3. The topological polar surface area (TPSA) is 29.9 Å². The van der Waals surface area contributed by atoms with Gasteiger partial charge in [-0.1, -0.05) is 13.0 Å². The molecule has 1 heterocycles. The number of aryl methyl sites for hydroxylation is 1. The van der Waals surface area contributed by atoms with Gasteiger partial charge < -0.3 is 5.32 Å². The lowest BCUT2D eigenvalue weighted by Gasteiger charge is -2.19. The molecular weight excluding hydrogens is 328 g/mol. The van der Waals surface area contributed by atoms with Crippen LogP contribution in [0.5, 0.6) is 0 Å². The summed E-state index contributed by atoms with van der Waals surface area (Å²) >= 11 is 3.45. The number of nitrogens with one attached hydrogen (secondary N) is 1. The van der Waals surface area contributed by atoms with Crippen LogP contribution in [0, 0.1) is 11.6 Å². The molecule has 0 saturated carbocycles. The zero-order valence-corrected chi connectivity index (χ0v) is 12.9. The van der Waals surface area contributed by atoms with Crippen molar-refractivity contribution < 1.29 is 8.78 Å². The molecule has 1 unspecified atom stereocenters. The van der Waals surface area contributed by atoms with Gasteiger partial charge in [-0.25, -0.2) is 8.78 Å². The third-order valence-corrected chi connectivity index (χ3v) is 3.77. The van der Waals surface area contributed by atoms with Crippen LogP contribution in [0.1, 0.15) is 24.2 Å². The van der Waals surface area contributed by atoms with E-state index in [1.165, 1.54) is 12.1 Å². The fraction of sp³-hybridized carbons (Fsp3) is 0.357. The van der Waals surface area contributed by atoms with Gasteiger partial charge in [-0.2, -0.15) is 5.10 Å². The predicted octanol–water partition coefficient (Wildman–Crippen LogP) is 3.35. The number of nitrogens with zero attached hydrogens (tertiary/aromatic N) is 2. The molecule has 3 nitrogen and oxygen atoms in total. The van der Waals surface area contributed by atoms with Gasteiger partial charge >= 0.3 is 0 Å². The Kier molecular flexibility index (Phi) is 4.88. The first-order chi connectivity index (χ1) is 9.52. The number of rotatable bonds is 5. The minimum absolute atomic E-state index is 0.0955. The van der Waals surface area contributed by atoms with Crippen molar-refractivity contribution in [2.75, 3.05) is 6.54 Å². The molecule has 0 spiro atoms. The highest BCUT2D eigenvalue weighted by molar-refractivity contribution is 9.10. The van der Waals surface area contributed by atoms with Gasteiger partial charge in [0.2, 0.25) is 0 Å². The van der Waals surface area contributed by atoms with E-state index in [0.29, 0.717) is 12.0 Å². The molecule has 0 aliphatic heterocycles. The lowest BCUT2D eigenvalue weighted by molar-refractivity contribution is 0.490. The van der Waals surface area contributed by atoms with Crippen LogP contribution in [0.2, 0.25) is 0 Å². The van der Waals surface area contributed by atoms with Gasteiger partial charge in [0.25, 0.3) is 0 Å². The molecule has 6 heteroatoms. The Morgan fingerprint density at radius 3 is 2.70 bits per heavy atom. The average molecular weight is 344 g/mol. The molecule has 1 aromatic heterocycles. The second-order valence-electron chi connectivity index (χ2n) is 4.55. The summed E-state index contributed by atoms with van der Waals surface area (Å²) in [6.07, 6.45) is 2.14. The van der Waals surface area contributed by atoms with E-state index in [-0.39, 0.29) is 6.04 Å². The number of hydrogen-bond donors (Lipinski definition) is 1. The van der Waals surface area contributed by atoms with Crippen molar-refractivity contribution in [2.45, 2.75) is 19.4 Å². The van der Waals surface area contributed by atoms with Gasteiger partial charge in [0.05, 0.1) is 22.4 Å². The smallest absolute Gasteiger partial charge is 0.129 e. The second kappa shape index (κ2) is 6.45. The molecule has 2 rings (SSSR count). The monoisotopic (exact) mass is 343 g/mol. The van der Waals surface area contributed by atoms with E-state index < -0.39 is 11.6 Å². The number of benzene rings is 1. The summed E-state index contributed by atoms with van der Waals surface area (Å²) in [5, 5.41) is 7.48. The summed E-state index contributed by atoms with van der Waals surface area (Å²) in [5.41, 5.74) is 1.42. The summed E-state index contributed by atoms with van der Waals surface area (Å²) in [4.78, 5) is 0. The fourth-order valence-electron chi connectivity index (χ4n) is 2.23. The third kappa shape index (κ3) is 3.24. The maximum absolute atomic E-state index is 13.8. The molecule has 0 amide bonds. The first kappa shape index (κ1) is 15.1. The summed E-state index contributed by atoms with van der Waals surface area (Å²) in [7, 11) is 1.84. The van der Waals surface area contributed by atoms with Crippen LogP contribution < -0.4 is 5.32 Å². The number of halogens is 3. The van der Waals surface area contributed by atoms with Crippen molar-refractivity contribution in [3.8, 4) is 0 Å². The van der Waals surface area contributed by atoms with Gasteiger partial charge in [-0.3, -0.25) is 4.68 Å². The lowest BCUT2D eigenvalue weighted by Crippen LogP contribution is -2.26. The number of likely N-dealkylation sites (N-methyl/N-ethyl adjacent to an activating group) is 1. The Hall–Kier alpha value is -1.27. The molecule has 0 saturated heterocycles. The van der Waals surface area contributed by atoms with Gasteiger partial charge in [-0.05, 0) is 40.5 Å². The van der Waals surface area contributed by atoms with Crippen LogP contribution >= 0.6 is 15.9 Å². The van der Waals surface area contributed by atoms with Crippen molar-refractivity contribution in [1.82, 2.24) is 15.1 Å². The highest BCUT2D eigenvalue weighted by atomic mass is 79.9. The average Bonchev–Trinajstić information content (AvgIpc) is 2.72. The maximum atomic E-state index is 13.8. The van der Waals surface area contributed by atoms with Crippen molar-refractivity contribution in [3.05, 3.63) is 51.8 Å². The van der Waals surface area contributed by atoms with Gasteiger partial charge in [0.15, 0.2) is 0 Å². The van der Waals surface area contributed by atoms with Crippen molar-refractivity contribution in [1.29, 1.82) is 0 Å². The molecule has 0 aliphatic rings. The molecule has 1 aromatic carbocycles. The highest BCUT2D eigenvalue weighted by Gasteiger charge is 2.20. The van der Waals surface area contributed by atoms with E-state index in [9.17, 15) is 8.78 Å². The molecule has 0 radical (unpaired) electrons. The quantitative estimate of drug-likeness (QED) is 0.902. The first-order valence-electron chi connectivity index (χ1n) is 6.37. The zero-order chi connectivity index (χ0) is 14.7. The van der Waals surface area contributed by atoms with Crippen LogP contribution in [0.15, 0.2) is 28.9 Å². The van der Waals surface area contributed by atoms with Crippen molar-refractivity contribution in [2.24, 2.45) is 7.05 Å². The van der Waals surface area contributed by atoms with Crippen LogP contribution in [0.4, 0.5) is 8.78 Å². The zero-order valence-electron chi connectivity index (χ0n) is 11.3. The van der Waals surface area contributed by atoms with Gasteiger partial charge in [0, 0.05) is 13.1 Å². The Bertz CT molecular complexity index is 579. The van der Waals surface area contributed by atoms with E-state index >= 15 is 0 Å². The van der Waals surface area contributed by atoms with Crippen LogP contribution in [-0.4, -0.2) is 16.3 Å². The summed E-state index contributed by atoms with van der Waals surface area (Å²) in [6, 6.07) is 3.58. The molecule has 1 atom stereocenters. The lowest BCUT2D eigenvalue weighted by atomic mass is 10.0. The van der Waals surface area contributed by atoms with Crippen LogP contribution in [0.3, 0.4) is 0 Å². The van der Waals surface area contributed by atoms with E-state index in [2.05, 4.69) is 26.3 Å². The molecule has 0 fully saturated rings. The molecule has 2 aromatic rings. The summed E-state index contributed by atoms with van der Waals surface area (Å²) < 4.78 is 29.4. The maximum Gasteiger partial charge on any atom is 0.129 e. The second-order valence-corrected chi connectivity index (χ2v) is 5.41. The first-order valence-corrected chi connectivity index (χ1v) is 7.17. The van der Waals surface area contributed by atoms with Gasteiger partial charge in [0.1, 0.15) is 11.6 Å². The van der Waals surface area contributed by atoms with Crippen molar-refractivity contribution in [3.63, 3.8) is 0 Å². The molecule has 0 bridgehead atoms. The Morgan fingerprint density at radius 1 is 1.40 bits per heavy atom. The highest BCUT2D eigenvalue weighted by Crippen LogP contribution is 2.26. The number of aromatic nitrogens is 2. The van der Waals surface area contributed by atoms with Crippen LogP contribution in [-0.2, 0) is 13.5 Å². The number of hydrogen-bond acceptors (Lipinski definition) is 2.